The molecular weight excluding hydrogens is 414 g/mol. The molecule has 7 nitrogen and oxygen atoms in total. The van der Waals surface area contributed by atoms with Crippen molar-refractivity contribution in [3.8, 4) is 5.75 Å². The molecule has 0 radical (unpaired) electrons. The van der Waals surface area contributed by atoms with E-state index >= 15 is 0 Å². The Balaban J connectivity index is 1.31. The van der Waals surface area contributed by atoms with Crippen LogP contribution in [-0.4, -0.2) is 52.0 Å². The molecule has 3 aromatic carbocycles. The Kier molecular flexibility index (Phi) is 7.32. The number of rotatable bonds is 10. The third kappa shape index (κ3) is 5.75. The standard InChI is InChI=1S/C26H29N5O2/c1-3-30(4-2)17-18-33-23-15-13-22(14-16-23)27-26(32)21-11-9-20(10-12-21)19-31-25-8-6-5-7-24(25)28-29-31/h5-16H,3-4,17-19H2,1-2H3,(H,27,32). The predicted molar refractivity (Wildman–Crippen MR) is 131 cm³/mol. The van der Waals surface area contributed by atoms with Crippen molar-refractivity contribution in [3.05, 3.63) is 83.9 Å². The number of fused-ring (bicyclic) bond motifs is 1. The number of ether oxygens (including phenoxy) is 1. The predicted octanol–water partition coefficient (Wildman–Crippen LogP) is 4.45. The molecule has 33 heavy (non-hydrogen) atoms. The van der Waals surface area contributed by atoms with Crippen LogP contribution >= 0.6 is 0 Å². The van der Waals surface area contributed by atoms with Gasteiger partial charge in [-0.1, -0.05) is 43.3 Å². The number of hydrogen-bond acceptors (Lipinski definition) is 5. The van der Waals surface area contributed by atoms with E-state index in [1.807, 2.05) is 77.5 Å². The first-order chi connectivity index (χ1) is 16.2. The Morgan fingerprint density at radius 3 is 2.42 bits per heavy atom. The average Bonchev–Trinajstić information content (AvgIpc) is 3.26. The van der Waals surface area contributed by atoms with Crippen molar-refractivity contribution < 1.29 is 9.53 Å². The van der Waals surface area contributed by atoms with E-state index < -0.39 is 0 Å². The highest BCUT2D eigenvalue weighted by Crippen LogP contribution is 2.17. The van der Waals surface area contributed by atoms with Crippen molar-refractivity contribution >= 4 is 22.6 Å². The van der Waals surface area contributed by atoms with Crippen LogP contribution in [0.1, 0.15) is 29.8 Å². The van der Waals surface area contributed by atoms with Crippen molar-refractivity contribution in [1.82, 2.24) is 19.9 Å². The molecule has 1 heterocycles. The van der Waals surface area contributed by atoms with Gasteiger partial charge in [0.15, 0.2) is 0 Å². The third-order valence-electron chi connectivity index (χ3n) is 5.65. The van der Waals surface area contributed by atoms with Crippen LogP contribution in [0.2, 0.25) is 0 Å². The van der Waals surface area contributed by atoms with E-state index in [4.69, 9.17) is 4.74 Å². The average molecular weight is 444 g/mol. The zero-order chi connectivity index (χ0) is 23.0. The number of aromatic nitrogens is 3. The van der Waals surface area contributed by atoms with Gasteiger partial charge in [0.25, 0.3) is 5.91 Å². The Hall–Kier alpha value is -3.71. The second kappa shape index (κ2) is 10.7. The summed E-state index contributed by atoms with van der Waals surface area (Å²) in [7, 11) is 0. The lowest BCUT2D eigenvalue weighted by Crippen LogP contribution is -2.27. The molecule has 170 valence electrons. The fourth-order valence-electron chi connectivity index (χ4n) is 3.64. The van der Waals surface area contributed by atoms with Crippen LogP contribution in [0.3, 0.4) is 0 Å². The zero-order valence-electron chi connectivity index (χ0n) is 19.1. The van der Waals surface area contributed by atoms with Crippen LogP contribution < -0.4 is 10.1 Å². The van der Waals surface area contributed by atoms with Crippen LogP contribution in [0.4, 0.5) is 5.69 Å². The lowest BCUT2D eigenvalue weighted by atomic mass is 10.1. The molecule has 0 saturated heterocycles. The van der Waals surface area contributed by atoms with Crippen molar-refractivity contribution in [2.24, 2.45) is 0 Å². The van der Waals surface area contributed by atoms with Gasteiger partial charge in [-0.05, 0) is 67.2 Å². The number of nitrogens with zero attached hydrogens (tertiary/aromatic N) is 4. The van der Waals surface area contributed by atoms with E-state index in [1.165, 1.54) is 0 Å². The molecule has 7 heteroatoms. The molecule has 1 aromatic heterocycles. The van der Waals surface area contributed by atoms with E-state index in [0.717, 1.165) is 47.7 Å². The first-order valence-electron chi connectivity index (χ1n) is 11.3. The van der Waals surface area contributed by atoms with Crippen molar-refractivity contribution in [2.75, 3.05) is 31.6 Å². The Labute approximate surface area is 194 Å². The molecule has 1 N–H and O–H groups in total. The summed E-state index contributed by atoms with van der Waals surface area (Å²) in [5.74, 6) is 0.646. The normalized spacial score (nSPS) is 11.1. The molecule has 0 fully saturated rings. The number of carbonyl (C=O) groups excluding carboxylic acids is 1. The third-order valence-corrected chi connectivity index (χ3v) is 5.65. The molecule has 4 rings (SSSR count). The summed E-state index contributed by atoms with van der Waals surface area (Å²) in [6.07, 6.45) is 0. The molecule has 0 unspecified atom stereocenters. The van der Waals surface area contributed by atoms with Gasteiger partial charge < -0.3 is 15.0 Å². The molecule has 1 amide bonds. The zero-order valence-corrected chi connectivity index (χ0v) is 19.1. The number of anilines is 1. The van der Waals surface area contributed by atoms with Crippen LogP contribution in [0.15, 0.2) is 72.8 Å². The maximum atomic E-state index is 12.6. The Morgan fingerprint density at radius 2 is 1.70 bits per heavy atom. The fraction of sp³-hybridized carbons (Fsp3) is 0.269. The minimum absolute atomic E-state index is 0.150. The van der Waals surface area contributed by atoms with Crippen molar-refractivity contribution in [1.29, 1.82) is 0 Å². The highest BCUT2D eigenvalue weighted by atomic mass is 16.5. The topological polar surface area (TPSA) is 72.3 Å². The largest absolute Gasteiger partial charge is 0.492 e. The van der Waals surface area contributed by atoms with Gasteiger partial charge in [-0.2, -0.15) is 0 Å². The molecule has 0 saturated carbocycles. The summed E-state index contributed by atoms with van der Waals surface area (Å²) in [5, 5.41) is 11.3. The molecular formula is C26H29N5O2. The van der Waals surface area contributed by atoms with Gasteiger partial charge in [-0.3, -0.25) is 4.79 Å². The highest BCUT2D eigenvalue weighted by molar-refractivity contribution is 6.04. The quantitative estimate of drug-likeness (QED) is 0.392. The number of amides is 1. The SMILES string of the molecule is CCN(CC)CCOc1ccc(NC(=O)c2ccc(Cn3nnc4ccccc43)cc2)cc1. The summed E-state index contributed by atoms with van der Waals surface area (Å²) >= 11 is 0. The second-order valence-electron chi connectivity index (χ2n) is 7.79. The Bertz CT molecular complexity index is 1180. The van der Waals surface area contributed by atoms with Crippen LogP contribution in [0, 0.1) is 0 Å². The number of likely N-dealkylation sites (N-methyl/N-ethyl adjacent to an activating group) is 1. The molecule has 0 spiro atoms. The molecule has 0 aliphatic heterocycles. The maximum Gasteiger partial charge on any atom is 0.255 e. The van der Waals surface area contributed by atoms with Crippen LogP contribution in [0.25, 0.3) is 11.0 Å². The summed E-state index contributed by atoms with van der Waals surface area (Å²) in [4.78, 5) is 15.0. The summed E-state index contributed by atoms with van der Waals surface area (Å²) in [6.45, 7) is 8.46. The van der Waals surface area contributed by atoms with Gasteiger partial charge in [-0.25, -0.2) is 4.68 Å². The number of para-hydroxylation sites is 1. The highest BCUT2D eigenvalue weighted by Gasteiger charge is 2.08. The van der Waals surface area contributed by atoms with Gasteiger partial charge >= 0.3 is 0 Å². The van der Waals surface area contributed by atoms with Crippen LogP contribution in [-0.2, 0) is 6.54 Å². The van der Waals surface area contributed by atoms with E-state index in [0.29, 0.717) is 18.7 Å². The van der Waals surface area contributed by atoms with Crippen molar-refractivity contribution in [2.45, 2.75) is 20.4 Å². The van der Waals surface area contributed by atoms with Gasteiger partial charge in [0.1, 0.15) is 17.9 Å². The number of nitrogens with one attached hydrogen (secondary N) is 1. The lowest BCUT2D eigenvalue weighted by molar-refractivity contribution is 0.102. The number of benzene rings is 3. The Morgan fingerprint density at radius 1 is 0.970 bits per heavy atom. The van der Waals surface area contributed by atoms with Gasteiger partial charge in [0, 0.05) is 17.8 Å². The molecule has 0 atom stereocenters. The first-order valence-corrected chi connectivity index (χ1v) is 11.3. The monoisotopic (exact) mass is 443 g/mol. The minimum atomic E-state index is -0.150. The summed E-state index contributed by atoms with van der Waals surface area (Å²) in [5.41, 5.74) is 4.23. The number of carbonyl (C=O) groups is 1. The molecule has 0 aliphatic carbocycles. The molecule has 4 aromatic rings. The lowest BCUT2D eigenvalue weighted by Gasteiger charge is -2.18. The van der Waals surface area contributed by atoms with Gasteiger partial charge in [0.2, 0.25) is 0 Å². The molecule has 0 aliphatic rings. The van der Waals surface area contributed by atoms with E-state index in [2.05, 4.69) is 34.4 Å². The second-order valence-corrected chi connectivity index (χ2v) is 7.79. The van der Waals surface area contributed by atoms with Gasteiger partial charge in [0.05, 0.1) is 12.1 Å². The van der Waals surface area contributed by atoms with Crippen LogP contribution in [0.5, 0.6) is 5.75 Å². The van der Waals surface area contributed by atoms with E-state index in [9.17, 15) is 4.79 Å². The van der Waals surface area contributed by atoms with Gasteiger partial charge in [-0.15, -0.1) is 5.10 Å². The fourth-order valence-corrected chi connectivity index (χ4v) is 3.64. The van der Waals surface area contributed by atoms with E-state index in [-0.39, 0.29) is 5.91 Å². The van der Waals surface area contributed by atoms with E-state index in [1.54, 1.807) is 0 Å². The number of hydrogen-bond donors (Lipinski definition) is 1. The first kappa shape index (κ1) is 22.5. The smallest absolute Gasteiger partial charge is 0.255 e. The minimum Gasteiger partial charge on any atom is -0.492 e. The summed E-state index contributed by atoms with van der Waals surface area (Å²) < 4.78 is 7.66. The van der Waals surface area contributed by atoms with Crippen molar-refractivity contribution in [3.63, 3.8) is 0 Å². The molecule has 0 bridgehead atoms. The maximum absolute atomic E-state index is 12.6. The summed E-state index contributed by atoms with van der Waals surface area (Å²) in [6, 6.07) is 22.9.